The van der Waals surface area contributed by atoms with E-state index in [0.29, 0.717) is 0 Å². The van der Waals surface area contributed by atoms with Crippen molar-refractivity contribution in [2.45, 2.75) is 78.4 Å². The Hall–Kier alpha value is -1.21. The number of allylic oxidation sites excluding steroid dienone is 2. The fourth-order valence-electron chi connectivity index (χ4n) is 3.65. The van der Waals surface area contributed by atoms with Gasteiger partial charge in [-0.15, -0.1) is 5.92 Å². The van der Waals surface area contributed by atoms with Gasteiger partial charge >= 0.3 is 0 Å². The predicted molar refractivity (Wildman–Crippen MR) is 102 cm³/mol. The molecule has 0 radical (unpaired) electrons. The molecule has 0 aromatic carbocycles. The fourth-order valence-corrected chi connectivity index (χ4v) is 4.83. The molecule has 4 heteroatoms. The van der Waals surface area contributed by atoms with E-state index in [4.69, 9.17) is 4.43 Å². The van der Waals surface area contributed by atoms with Gasteiger partial charge in [-0.25, -0.2) is 0 Å². The fraction of sp³-hybridized carbons (Fsp3) is 0.750. The van der Waals surface area contributed by atoms with Crippen LogP contribution in [0.1, 0.15) is 60.3 Å². The number of piperidine rings is 1. The average Bonchev–Trinajstić information content (AvgIpc) is 2.48. The Morgan fingerprint density at radius 3 is 2.50 bits per heavy atom. The average molecular weight is 348 g/mol. The monoisotopic (exact) mass is 347 g/mol. The van der Waals surface area contributed by atoms with Crippen LogP contribution in [0.3, 0.4) is 0 Å². The summed E-state index contributed by atoms with van der Waals surface area (Å²) >= 11 is 0. The Bertz CT molecular complexity index is 603. The van der Waals surface area contributed by atoms with E-state index in [2.05, 4.69) is 57.9 Å². The highest BCUT2D eigenvalue weighted by Crippen LogP contribution is 2.50. The van der Waals surface area contributed by atoms with Crippen molar-refractivity contribution in [1.29, 1.82) is 0 Å². The maximum Gasteiger partial charge on any atom is 0.250 e. The van der Waals surface area contributed by atoms with E-state index in [1.165, 1.54) is 5.57 Å². The Morgan fingerprint density at radius 2 is 1.96 bits per heavy atom. The van der Waals surface area contributed by atoms with Crippen LogP contribution in [-0.4, -0.2) is 20.8 Å². The van der Waals surface area contributed by atoms with E-state index in [1.807, 2.05) is 6.92 Å². The van der Waals surface area contributed by atoms with Crippen molar-refractivity contribution in [2.75, 3.05) is 6.54 Å². The molecule has 1 saturated heterocycles. The molecule has 1 fully saturated rings. The second-order valence-electron chi connectivity index (χ2n) is 8.81. The molecular formula is C20H33NO2Si. The zero-order valence-electron chi connectivity index (χ0n) is 16.4. The molecule has 2 rings (SSSR count). The zero-order chi connectivity index (χ0) is 18.2. The minimum Gasteiger partial charge on any atom is -0.547 e. The Morgan fingerprint density at radius 1 is 1.29 bits per heavy atom. The number of carbonyl (C=O) groups excluding carboxylic acids is 1. The molecular weight excluding hydrogens is 314 g/mol. The second kappa shape index (κ2) is 6.59. The number of amides is 1. The topological polar surface area (TPSA) is 38.3 Å². The summed E-state index contributed by atoms with van der Waals surface area (Å²) in [6, 6.07) is 0. The van der Waals surface area contributed by atoms with Crippen LogP contribution in [0.2, 0.25) is 18.1 Å². The van der Waals surface area contributed by atoms with E-state index in [1.54, 1.807) is 0 Å². The molecule has 2 aliphatic rings. The summed E-state index contributed by atoms with van der Waals surface area (Å²) in [4.78, 5) is 12.7. The zero-order valence-corrected chi connectivity index (χ0v) is 17.4. The van der Waals surface area contributed by atoms with Crippen molar-refractivity contribution in [3.8, 4) is 11.8 Å². The van der Waals surface area contributed by atoms with Crippen LogP contribution in [-0.2, 0) is 9.22 Å². The van der Waals surface area contributed by atoms with Crippen LogP contribution in [0.25, 0.3) is 0 Å². The minimum atomic E-state index is -1.87. The first-order valence-corrected chi connectivity index (χ1v) is 12.1. The molecule has 3 nitrogen and oxygen atoms in total. The maximum atomic E-state index is 12.7. The molecule has 1 amide bonds. The summed E-state index contributed by atoms with van der Waals surface area (Å²) in [5, 5.41) is 3.25. The Kier molecular flexibility index (Phi) is 5.25. The van der Waals surface area contributed by atoms with Crippen LogP contribution in [0, 0.1) is 23.2 Å². The third kappa shape index (κ3) is 3.28. The number of hydrogen-bond donors (Lipinski definition) is 1. The predicted octanol–water partition coefficient (Wildman–Crippen LogP) is 4.61. The van der Waals surface area contributed by atoms with Crippen molar-refractivity contribution in [1.82, 2.24) is 5.32 Å². The normalized spacial score (nSPS) is 28.3. The molecule has 24 heavy (non-hydrogen) atoms. The highest BCUT2D eigenvalue weighted by Gasteiger charge is 2.50. The highest BCUT2D eigenvalue weighted by atomic mass is 28.4. The van der Waals surface area contributed by atoms with Gasteiger partial charge < -0.3 is 9.74 Å². The van der Waals surface area contributed by atoms with Gasteiger partial charge in [0.2, 0.25) is 14.2 Å². The molecule has 1 spiro atoms. The minimum absolute atomic E-state index is 0.0173. The van der Waals surface area contributed by atoms with Crippen molar-refractivity contribution in [3.63, 3.8) is 0 Å². The van der Waals surface area contributed by atoms with Gasteiger partial charge in [0.25, 0.3) is 0 Å². The molecule has 134 valence electrons. The van der Waals surface area contributed by atoms with E-state index in [9.17, 15) is 4.79 Å². The van der Waals surface area contributed by atoms with Crippen molar-refractivity contribution in [2.24, 2.45) is 11.3 Å². The number of rotatable bonds is 2. The lowest BCUT2D eigenvalue weighted by molar-refractivity contribution is -0.136. The van der Waals surface area contributed by atoms with Gasteiger partial charge in [-0.05, 0) is 56.8 Å². The lowest BCUT2D eigenvalue weighted by Gasteiger charge is -2.46. The third-order valence-corrected chi connectivity index (χ3v) is 10.6. The summed E-state index contributed by atoms with van der Waals surface area (Å²) in [5.74, 6) is 7.68. The summed E-state index contributed by atoms with van der Waals surface area (Å²) < 4.78 is 6.62. The molecule has 0 aromatic heterocycles. The van der Waals surface area contributed by atoms with Crippen molar-refractivity contribution >= 4 is 14.2 Å². The van der Waals surface area contributed by atoms with Gasteiger partial charge in [-0.3, -0.25) is 4.79 Å². The summed E-state index contributed by atoms with van der Waals surface area (Å²) in [5.41, 5.74) is 0.823. The van der Waals surface area contributed by atoms with Gasteiger partial charge in [0.15, 0.2) is 0 Å². The smallest absolute Gasteiger partial charge is 0.250 e. The first-order valence-electron chi connectivity index (χ1n) is 9.14. The van der Waals surface area contributed by atoms with E-state index in [0.717, 1.165) is 38.0 Å². The number of hydrogen-bond acceptors (Lipinski definition) is 2. The Balaban J connectivity index is 2.40. The second-order valence-corrected chi connectivity index (χ2v) is 13.5. The SMILES string of the molecule is CC#C[C@H]1C(C)=C(O[Si](C)(C)C(C)(C)C)CC[C@@]12CCCNC2=O. The summed E-state index contributed by atoms with van der Waals surface area (Å²) in [6.07, 6.45) is 3.68. The molecule has 0 unspecified atom stereocenters. The number of carbonyl (C=O) groups is 1. The van der Waals surface area contributed by atoms with Crippen LogP contribution < -0.4 is 5.32 Å². The van der Waals surface area contributed by atoms with Crippen LogP contribution in [0.15, 0.2) is 11.3 Å². The standard InChI is InChI=1S/C20H33NO2Si/c1-8-10-16-15(2)17(23-24(6,7)19(3,4)5)11-13-20(16)12-9-14-21-18(20)22/h16H,9,11-14H2,1-7H3,(H,21,22)/t16-,20-/m0/s1. The highest BCUT2D eigenvalue weighted by molar-refractivity contribution is 6.74. The maximum absolute atomic E-state index is 12.7. The molecule has 0 saturated carbocycles. The van der Waals surface area contributed by atoms with Gasteiger partial charge in [-0.1, -0.05) is 26.7 Å². The summed E-state index contributed by atoms with van der Waals surface area (Å²) in [6.45, 7) is 16.1. The van der Waals surface area contributed by atoms with Gasteiger partial charge in [0.1, 0.15) is 0 Å². The van der Waals surface area contributed by atoms with Crippen LogP contribution in [0.4, 0.5) is 0 Å². The first-order chi connectivity index (χ1) is 11.0. The Labute approximate surface area is 148 Å². The van der Waals surface area contributed by atoms with Gasteiger partial charge in [0, 0.05) is 13.0 Å². The van der Waals surface area contributed by atoms with Crippen LogP contribution in [0.5, 0.6) is 0 Å². The van der Waals surface area contributed by atoms with Crippen molar-refractivity contribution < 1.29 is 9.22 Å². The molecule has 1 aliphatic carbocycles. The van der Waals surface area contributed by atoms with Gasteiger partial charge in [-0.2, -0.15) is 0 Å². The van der Waals surface area contributed by atoms with Crippen LogP contribution >= 0.6 is 0 Å². The first kappa shape index (κ1) is 19.1. The van der Waals surface area contributed by atoms with Crippen molar-refractivity contribution in [3.05, 3.63) is 11.3 Å². The molecule has 0 bridgehead atoms. The lowest BCUT2D eigenvalue weighted by Crippen LogP contribution is -2.52. The molecule has 1 aliphatic heterocycles. The lowest BCUT2D eigenvalue weighted by atomic mass is 9.62. The molecule has 2 atom stereocenters. The quantitative estimate of drug-likeness (QED) is 0.585. The van der Waals surface area contributed by atoms with E-state index in [-0.39, 0.29) is 22.3 Å². The van der Waals surface area contributed by atoms with Gasteiger partial charge in [0.05, 0.1) is 17.1 Å². The molecule has 1 heterocycles. The molecule has 1 N–H and O–H groups in total. The summed E-state index contributed by atoms with van der Waals surface area (Å²) in [7, 11) is -1.87. The number of nitrogens with one attached hydrogen (secondary N) is 1. The van der Waals surface area contributed by atoms with E-state index < -0.39 is 8.32 Å². The van der Waals surface area contributed by atoms with E-state index >= 15 is 0 Å². The largest absolute Gasteiger partial charge is 0.547 e. The molecule has 0 aromatic rings. The third-order valence-electron chi connectivity index (χ3n) is 6.23.